The second-order valence-corrected chi connectivity index (χ2v) is 7.37. The largest absolute Gasteiger partial charge is 0.322 e. The zero-order chi connectivity index (χ0) is 15.7. The first kappa shape index (κ1) is 16.0. The minimum Gasteiger partial charge on any atom is -0.322 e. The molecule has 0 bridgehead atoms. The van der Waals surface area contributed by atoms with Crippen LogP contribution in [0.5, 0.6) is 0 Å². The topological polar surface area (TPSA) is 20.3 Å². The van der Waals surface area contributed by atoms with E-state index in [-0.39, 0.29) is 11.3 Å². The van der Waals surface area contributed by atoms with Gasteiger partial charge in [0.05, 0.1) is 10.6 Å². The summed E-state index contributed by atoms with van der Waals surface area (Å²) in [5, 5.41) is 1.57. The van der Waals surface area contributed by atoms with Crippen molar-refractivity contribution in [3.63, 3.8) is 0 Å². The Bertz CT molecular complexity index is 705. The second kappa shape index (κ2) is 6.71. The van der Waals surface area contributed by atoms with Crippen molar-refractivity contribution < 1.29 is 4.79 Å². The summed E-state index contributed by atoms with van der Waals surface area (Å²) in [6, 6.07) is 12.5. The van der Waals surface area contributed by atoms with Crippen LogP contribution in [0.25, 0.3) is 0 Å². The molecule has 0 N–H and O–H groups in total. The summed E-state index contributed by atoms with van der Waals surface area (Å²) < 4.78 is 0. The number of carbonyl (C=O) groups is 1. The van der Waals surface area contributed by atoms with Gasteiger partial charge in [0.25, 0.3) is 5.91 Å². The van der Waals surface area contributed by atoms with Gasteiger partial charge in [0.2, 0.25) is 0 Å². The summed E-state index contributed by atoms with van der Waals surface area (Å²) in [7, 11) is 0. The number of halogens is 3. The molecule has 2 nitrogen and oxygen atoms in total. The van der Waals surface area contributed by atoms with Crippen LogP contribution in [0.4, 0.5) is 0 Å². The molecule has 1 unspecified atom stereocenters. The molecular weight excluding hydrogens is 361 g/mol. The van der Waals surface area contributed by atoms with E-state index in [9.17, 15) is 4.79 Å². The van der Waals surface area contributed by atoms with E-state index in [4.69, 9.17) is 34.8 Å². The first-order valence-corrected chi connectivity index (χ1v) is 8.87. The Balaban J connectivity index is 1.89. The van der Waals surface area contributed by atoms with Crippen molar-refractivity contribution >= 4 is 52.5 Å². The summed E-state index contributed by atoms with van der Waals surface area (Å²) >= 11 is 19.7. The maximum Gasteiger partial charge on any atom is 0.256 e. The van der Waals surface area contributed by atoms with Crippen molar-refractivity contribution in [3.05, 3.63) is 68.7 Å². The van der Waals surface area contributed by atoms with Crippen molar-refractivity contribution in [1.29, 1.82) is 0 Å². The van der Waals surface area contributed by atoms with Crippen LogP contribution < -0.4 is 0 Å². The molecule has 1 aliphatic heterocycles. The third-order valence-corrected chi connectivity index (χ3v) is 5.53. The van der Waals surface area contributed by atoms with E-state index < -0.39 is 0 Å². The smallest absolute Gasteiger partial charge is 0.256 e. The number of hydrogen-bond donors (Lipinski definition) is 0. The van der Waals surface area contributed by atoms with Gasteiger partial charge < -0.3 is 4.90 Å². The second-order valence-electron chi connectivity index (χ2n) is 4.90. The molecule has 1 saturated heterocycles. The minimum atomic E-state index is -0.0772. The van der Waals surface area contributed by atoms with Gasteiger partial charge in [0.15, 0.2) is 0 Å². The van der Waals surface area contributed by atoms with Crippen molar-refractivity contribution in [2.45, 2.75) is 5.37 Å². The van der Waals surface area contributed by atoms with E-state index in [1.807, 2.05) is 29.2 Å². The average molecular weight is 373 g/mol. The summed E-state index contributed by atoms with van der Waals surface area (Å²) in [6.07, 6.45) is 0. The predicted molar refractivity (Wildman–Crippen MR) is 94.1 cm³/mol. The zero-order valence-corrected chi connectivity index (χ0v) is 14.5. The fraction of sp³-hybridized carbons (Fsp3) is 0.188. The number of carbonyl (C=O) groups excluding carboxylic acids is 1. The molecule has 0 spiro atoms. The molecule has 3 rings (SSSR count). The van der Waals surface area contributed by atoms with E-state index in [2.05, 4.69) is 0 Å². The molecule has 1 atom stereocenters. The van der Waals surface area contributed by atoms with Crippen molar-refractivity contribution in [2.75, 3.05) is 12.3 Å². The number of hydrogen-bond acceptors (Lipinski definition) is 2. The zero-order valence-electron chi connectivity index (χ0n) is 11.4. The van der Waals surface area contributed by atoms with Crippen molar-refractivity contribution in [3.8, 4) is 0 Å². The number of benzene rings is 2. The van der Waals surface area contributed by atoms with Gasteiger partial charge >= 0.3 is 0 Å². The Labute approximate surface area is 148 Å². The standard InChI is InChI=1S/C16H12Cl3NOS/c17-11-3-1-10(2-4-11)16-20(7-8-22-16)15(21)13-6-5-12(18)9-14(13)19/h1-6,9,16H,7-8H2. The van der Waals surface area contributed by atoms with Crippen LogP contribution in [0.15, 0.2) is 42.5 Å². The Morgan fingerprint density at radius 1 is 1.05 bits per heavy atom. The van der Waals surface area contributed by atoms with Crippen LogP contribution in [-0.4, -0.2) is 23.1 Å². The van der Waals surface area contributed by atoms with Crippen LogP contribution in [0.1, 0.15) is 21.3 Å². The Morgan fingerprint density at radius 3 is 2.41 bits per heavy atom. The molecule has 22 heavy (non-hydrogen) atoms. The first-order chi connectivity index (χ1) is 10.6. The fourth-order valence-electron chi connectivity index (χ4n) is 2.40. The lowest BCUT2D eigenvalue weighted by atomic mass is 10.1. The van der Waals surface area contributed by atoms with Gasteiger partial charge in [0, 0.05) is 22.3 Å². The third kappa shape index (κ3) is 3.23. The maximum atomic E-state index is 12.8. The first-order valence-electron chi connectivity index (χ1n) is 6.69. The quantitative estimate of drug-likeness (QED) is 0.690. The summed E-state index contributed by atoms with van der Waals surface area (Å²) in [4.78, 5) is 14.6. The van der Waals surface area contributed by atoms with Gasteiger partial charge in [-0.2, -0.15) is 0 Å². The molecular formula is C16H12Cl3NOS. The van der Waals surface area contributed by atoms with E-state index in [0.29, 0.717) is 27.2 Å². The average Bonchev–Trinajstić information content (AvgIpc) is 2.97. The third-order valence-electron chi connectivity index (χ3n) is 3.47. The van der Waals surface area contributed by atoms with Gasteiger partial charge in [0.1, 0.15) is 5.37 Å². The number of rotatable bonds is 2. The molecule has 1 amide bonds. The Kier molecular flexibility index (Phi) is 4.88. The number of nitrogens with zero attached hydrogens (tertiary/aromatic N) is 1. The molecule has 2 aromatic carbocycles. The highest BCUT2D eigenvalue weighted by molar-refractivity contribution is 7.99. The summed E-state index contributed by atoms with van der Waals surface area (Å²) in [5.41, 5.74) is 1.54. The predicted octanol–water partition coefficient (Wildman–Crippen LogP) is 5.53. The lowest BCUT2D eigenvalue weighted by molar-refractivity contribution is 0.0760. The highest BCUT2D eigenvalue weighted by Crippen LogP contribution is 2.39. The van der Waals surface area contributed by atoms with Crippen molar-refractivity contribution in [1.82, 2.24) is 4.90 Å². The molecule has 1 fully saturated rings. The normalized spacial score (nSPS) is 17.8. The summed E-state index contributed by atoms with van der Waals surface area (Å²) in [5.74, 6) is 0.816. The molecule has 1 aliphatic rings. The monoisotopic (exact) mass is 371 g/mol. The molecule has 0 radical (unpaired) electrons. The van der Waals surface area contributed by atoms with Gasteiger partial charge in [-0.3, -0.25) is 4.79 Å². The highest BCUT2D eigenvalue weighted by atomic mass is 35.5. The lowest BCUT2D eigenvalue weighted by Crippen LogP contribution is -2.30. The SMILES string of the molecule is O=C(c1ccc(Cl)cc1Cl)N1CCSC1c1ccc(Cl)cc1. The number of thioether (sulfide) groups is 1. The fourth-order valence-corrected chi connectivity index (χ4v) is 4.27. The molecule has 114 valence electrons. The molecule has 2 aromatic rings. The molecule has 0 saturated carbocycles. The molecule has 0 aromatic heterocycles. The van der Waals surface area contributed by atoms with Gasteiger partial charge in [-0.1, -0.05) is 46.9 Å². The Hall–Kier alpha value is -0.870. The number of amides is 1. The molecule has 1 heterocycles. The van der Waals surface area contributed by atoms with Crippen LogP contribution >= 0.6 is 46.6 Å². The molecule has 0 aliphatic carbocycles. The van der Waals surface area contributed by atoms with E-state index in [1.165, 1.54) is 0 Å². The van der Waals surface area contributed by atoms with E-state index in [1.54, 1.807) is 30.0 Å². The van der Waals surface area contributed by atoms with E-state index in [0.717, 1.165) is 11.3 Å². The van der Waals surface area contributed by atoms with Crippen molar-refractivity contribution in [2.24, 2.45) is 0 Å². The minimum absolute atomic E-state index is 0.0171. The highest BCUT2D eigenvalue weighted by Gasteiger charge is 2.32. The summed E-state index contributed by atoms with van der Waals surface area (Å²) in [6.45, 7) is 0.690. The maximum absolute atomic E-state index is 12.8. The molecule has 6 heteroatoms. The van der Waals surface area contributed by atoms with Gasteiger partial charge in [-0.05, 0) is 35.9 Å². The lowest BCUT2D eigenvalue weighted by Gasteiger charge is -2.24. The van der Waals surface area contributed by atoms with Crippen LogP contribution in [0, 0.1) is 0 Å². The van der Waals surface area contributed by atoms with Crippen LogP contribution in [0.2, 0.25) is 15.1 Å². The Morgan fingerprint density at radius 2 is 1.73 bits per heavy atom. The van der Waals surface area contributed by atoms with Gasteiger partial charge in [-0.15, -0.1) is 11.8 Å². The van der Waals surface area contributed by atoms with E-state index >= 15 is 0 Å². The van der Waals surface area contributed by atoms with Crippen LogP contribution in [0.3, 0.4) is 0 Å². The van der Waals surface area contributed by atoms with Gasteiger partial charge in [-0.25, -0.2) is 0 Å². The van der Waals surface area contributed by atoms with Crippen LogP contribution in [-0.2, 0) is 0 Å².